The fourth-order valence-electron chi connectivity index (χ4n) is 2.33. The molecule has 0 bridgehead atoms. The Morgan fingerprint density at radius 1 is 1.20 bits per heavy atom. The molecule has 0 amide bonds. The van der Waals surface area contributed by atoms with E-state index >= 15 is 0 Å². The second-order valence-electron chi connectivity index (χ2n) is 4.54. The quantitative estimate of drug-likeness (QED) is 0.601. The molecular formula is C15H18. The SMILES string of the molecule is C[C@@H]1CCC[C@H]1CC#Cc1ccccc1. The Labute approximate surface area is 92.7 Å². The molecule has 0 N–H and O–H groups in total. The van der Waals surface area contributed by atoms with Crippen molar-refractivity contribution in [2.75, 3.05) is 0 Å². The van der Waals surface area contributed by atoms with E-state index in [0.717, 1.165) is 23.8 Å². The van der Waals surface area contributed by atoms with Crippen LogP contribution in [0.15, 0.2) is 30.3 Å². The minimum atomic E-state index is 0.848. The first-order chi connectivity index (χ1) is 7.36. The van der Waals surface area contributed by atoms with E-state index < -0.39 is 0 Å². The zero-order valence-corrected chi connectivity index (χ0v) is 9.37. The summed E-state index contributed by atoms with van der Waals surface area (Å²) in [6.07, 6.45) is 5.26. The van der Waals surface area contributed by atoms with Crippen molar-refractivity contribution in [2.45, 2.75) is 32.6 Å². The Morgan fingerprint density at radius 3 is 2.67 bits per heavy atom. The second-order valence-corrected chi connectivity index (χ2v) is 4.54. The molecule has 0 heteroatoms. The van der Waals surface area contributed by atoms with E-state index in [2.05, 4.69) is 30.9 Å². The van der Waals surface area contributed by atoms with Gasteiger partial charge in [0.1, 0.15) is 0 Å². The molecular weight excluding hydrogens is 180 g/mol. The van der Waals surface area contributed by atoms with Crippen molar-refractivity contribution in [3.63, 3.8) is 0 Å². The number of benzene rings is 1. The number of hydrogen-bond acceptors (Lipinski definition) is 0. The van der Waals surface area contributed by atoms with Gasteiger partial charge in [0.2, 0.25) is 0 Å². The molecule has 15 heavy (non-hydrogen) atoms. The van der Waals surface area contributed by atoms with Gasteiger partial charge in [-0.2, -0.15) is 0 Å². The Balaban J connectivity index is 1.90. The van der Waals surface area contributed by atoms with Crippen LogP contribution in [0.4, 0.5) is 0 Å². The summed E-state index contributed by atoms with van der Waals surface area (Å²) < 4.78 is 0. The molecule has 0 aromatic heterocycles. The minimum Gasteiger partial charge on any atom is -0.0976 e. The Bertz CT molecular complexity index is 353. The van der Waals surface area contributed by atoms with E-state index in [9.17, 15) is 0 Å². The zero-order chi connectivity index (χ0) is 10.5. The maximum absolute atomic E-state index is 3.32. The maximum atomic E-state index is 3.32. The molecule has 1 fully saturated rings. The molecule has 0 aliphatic heterocycles. The highest BCUT2D eigenvalue weighted by Crippen LogP contribution is 2.33. The van der Waals surface area contributed by atoms with Crippen molar-refractivity contribution in [2.24, 2.45) is 11.8 Å². The van der Waals surface area contributed by atoms with E-state index in [1.165, 1.54) is 19.3 Å². The molecule has 0 unspecified atom stereocenters. The van der Waals surface area contributed by atoms with E-state index in [0.29, 0.717) is 0 Å². The van der Waals surface area contributed by atoms with E-state index in [1.54, 1.807) is 0 Å². The largest absolute Gasteiger partial charge is 0.0976 e. The van der Waals surface area contributed by atoms with Crippen molar-refractivity contribution in [1.29, 1.82) is 0 Å². The van der Waals surface area contributed by atoms with Crippen LogP contribution >= 0.6 is 0 Å². The molecule has 0 radical (unpaired) electrons. The average Bonchev–Trinajstić information content (AvgIpc) is 2.66. The monoisotopic (exact) mass is 198 g/mol. The number of rotatable bonds is 1. The van der Waals surface area contributed by atoms with Crippen LogP contribution in [0.3, 0.4) is 0 Å². The minimum absolute atomic E-state index is 0.848. The predicted molar refractivity (Wildman–Crippen MR) is 64.4 cm³/mol. The van der Waals surface area contributed by atoms with Gasteiger partial charge in [-0.05, 0) is 30.4 Å². The summed E-state index contributed by atoms with van der Waals surface area (Å²) in [6, 6.07) is 10.3. The maximum Gasteiger partial charge on any atom is 0.0245 e. The lowest BCUT2D eigenvalue weighted by Crippen LogP contribution is -2.01. The highest BCUT2D eigenvalue weighted by atomic mass is 14.3. The summed E-state index contributed by atoms with van der Waals surface area (Å²) in [4.78, 5) is 0. The van der Waals surface area contributed by atoms with Crippen LogP contribution in [-0.2, 0) is 0 Å². The van der Waals surface area contributed by atoms with Gasteiger partial charge in [0.05, 0.1) is 0 Å². The lowest BCUT2D eigenvalue weighted by molar-refractivity contribution is 0.429. The fourth-order valence-corrected chi connectivity index (χ4v) is 2.33. The van der Waals surface area contributed by atoms with Crippen LogP contribution in [0.2, 0.25) is 0 Å². The summed E-state index contributed by atoms with van der Waals surface area (Å²) in [5.41, 5.74) is 1.14. The highest BCUT2D eigenvalue weighted by molar-refractivity contribution is 5.33. The normalized spacial score (nSPS) is 24.6. The summed E-state index contributed by atoms with van der Waals surface area (Å²) in [5.74, 6) is 8.30. The molecule has 1 aliphatic carbocycles. The first-order valence-electron chi connectivity index (χ1n) is 5.90. The van der Waals surface area contributed by atoms with Crippen LogP contribution in [0.25, 0.3) is 0 Å². The summed E-state index contributed by atoms with van der Waals surface area (Å²) in [6.45, 7) is 2.36. The molecule has 0 spiro atoms. The first kappa shape index (κ1) is 10.3. The lowest BCUT2D eigenvalue weighted by Gasteiger charge is -2.10. The standard InChI is InChI=1S/C15H18/c1-13-7-5-11-15(13)12-6-10-14-8-3-2-4-9-14/h2-4,8-9,13,15H,5,7,11-12H2,1H3/t13-,15+/m1/s1. The fraction of sp³-hybridized carbons (Fsp3) is 0.467. The van der Waals surface area contributed by atoms with Crippen molar-refractivity contribution in [3.05, 3.63) is 35.9 Å². The molecule has 0 nitrogen and oxygen atoms in total. The van der Waals surface area contributed by atoms with Crippen molar-refractivity contribution < 1.29 is 0 Å². The average molecular weight is 198 g/mol. The molecule has 78 valence electrons. The van der Waals surface area contributed by atoms with Crippen LogP contribution in [0.5, 0.6) is 0 Å². The third kappa shape index (κ3) is 2.86. The molecule has 1 aromatic carbocycles. The van der Waals surface area contributed by atoms with Gasteiger partial charge in [0.25, 0.3) is 0 Å². The van der Waals surface area contributed by atoms with Crippen LogP contribution < -0.4 is 0 Å². The molecule has 2 rings (SSSR count). The van der Waals surface area contributed by atoms with Crippen molar-refractivity contribution >= 4 is 0 Å². The second kappa shape index (κ2) is 5.03. The van der Waals surface area contributed by atoms with Crippen molar-refractivity contribution in [1.82, 2.24) is 0 Å². The van der Waals surface area contributed by atoms with Gasteiger partial charge in [0, 0.05) is 12.0 Å². The zero-order valence-electron chi connectivity index (χ0n) is 9.37. The summed E-state index contributed by atoms with van der Waals surface area (Å²) in [5, 5.41) is 0. The van der Waals surface area contributed by atoms with E-state index in [-0.39, 0.29) is 0 Å². The summed E-state index contributed by atoms with van der Waals surface area (Å²) in [7, 11) is 0. The van der Waals surface area contributed by atoms with Crippen LogP contribution in [-0.4, -0.2) is 0 Å². The third-order valence-electron chi connectivity index (χ3n) is 3.41. The topological polar surface area (TPSA) is 0 Å². The van der Waals surface area contributed by atoms with Gasteiger partial charge in [-0.25, -0.2) is 0 Å². The Morgan fingerprint density at radius 2 is 2.00 bits per heavy atom. The first-order valence-corrected chi connectivity index (χ1v) is 5.90. The lowest BCUT2D eigenvalue weighted by atomic mass is 9.95. The molecule has 0 saturated heterocycles. The molecule has 2 atom stereocenters. The van der Waals surface area contributed by atoms with Crippen molar-refractivity contribution in [3.8, 4) is 11.8 Å². The van der Waals surface area contributed by atoms with Gasteiger partial charge in [-0.1, -0.05) is 49.8 Å². The molecule has 1 aliphatic rings. The smallest absolute Gasteiger partial charge is 0.0245 e. The van der Waals surface area contributed by atoms with Gasteiger partial charge >= 0.3 is 0 Å². The van der Waals surface area contributed by atoms with Gasteiger partial charge in [-0.3, -0.25) is 0 Å². The van der Waals surface area contributed by atoms with E-state index in [4.69, 9.17) is 0 Å². The van der Waals surface area contributed by atoms with Gasteiger partial charge in [-0.15, -0.1) is 0 Å². The van der Waals surface area contributed by atoms with Gasteiger partial charge in [0.15, 0.2) is 0 Å². The number of hydrogen-bond donors (Lipinski definition) is 0. The molecule has 1 saturated carbocycles. The van der Waals surface area contributed by atoms with Crippen LogP contribution in [0, 0.1) is 23.7 Å². The summed E-state index contributed by atoms with van der Waals surface area (Å²) >= 11 is 0. The Kier molecular flexibility index (Phi) is 3.45. The van der Waals surface area contributed by atoms with Gasteiger partial charge < -0.3 is 0 Å². The third-order valence-corrected chi connectivity index (χ3v) is 3.41. The predicted octanol–water partition coefficient (Wildman–Crippen LogP) is 3.86. The Hall–Kier alpha value is -1.22. The molecule has 1 aromatic rings. The van der Waals surface area contributed by atoms with Crippen LogP contribution in [0.1, 0.15) is 38.2 Å². The van der Waals surface area contributed by atoms with E-state index in [1.807, 2.05) is 18.2 Å². The highest BCUT2D eigenvalue weighted by Gasteiger charge is 2.21. The molecule has 0 heterocycles.